The Morgan fingerprint density at radius 1 is 0.905 bits per heavy atom. The van der Waals surface area contributed by atoms with Crippen LogP contribution in [0.1, 0.15) is 39.7 Å². The Kier molecular flexibility index (Phi) is 5.19. The van der Waals surface area contributed by atoms with Crippen LogP contribution in [-0.4, -0.2) is 6.61 Å². The van der Waals surface area contributed by atoms with Gasteiger partial charge in [0, 0.05) is 0 Å². The van der Waals surface area contributed by atoms with Crippen molar-refractivity contribution in [1.29, 1.82) is 0 Å². The molecule has 2 aromatic carbocycles. The molecule has 0 bridgehead atoms. The summed E-state index contributed by atoms with van der Waals surface area (Å²) in [5.41, 5.74) is 3.49. The zero-order chi connectivity index (χ0) is 15.3. The molecule has 0 aliphatic carbocycles. The number of hydrogen-bond acceptors (Lipinski definition) is 1. The lowest BCUT2D eigenvalue weighted by Gasteiger charge is -2.27. The van der Waals surface area contributed by atoms with Crippen molar-refractivity contribution in [3.63, 3.8) is 0 Å². The first-order chi connectivity index (χ1) is 10.0. The molecular weight excluding hydrogens is 256 g/mol. The SMILES string of the molecule is CCC(C)COC(C)(C)c1ccc(-c2ccccc2)cc1. The van der Waals surface area contributed by atoms with Crippen LogP contribution in [0.5, 0.6) is 0 Å². The van der Waals surface area contributed by atoms with E-state index in [0.717, 1.165) is 13.0 Å². The first-order valence-electron chi connectivity index (χ1n) is 7.83. The van der Waals surface area contributed by atoms with Crippen molar-refractivity contribution in [3.8, 4) is 11.1 Å². The quantitative estimate of drug-likeness (QED) is 0.665. The van der Waals surface area contributed by atoms with Gasteiger partial charge in [-0.25, -0.2) is 0 Å². The van der Waals surface area contributed by atoms with E-state index in [1.807, 2.05) is 6.07 Å². The second-order valence-electron chi connectivity index (χ2n) is 6.28. The highest BCUT2D eigenvalue weighted by molar-refractivity contribution is 5.63. The van der Waals surface area contributed by atoms with Gasteiger partial charge in [-0.05, 0) is 36.5 Å². The molecule has 21 heavy (non-hydrogen) atoms. The van der Waals surface area contributed by atoms with E-state index in [2.05, 4.69) is 76.2 Å². The molecule has 112 valence electrons. The van der Waals surface area contributed by atoms with Gasteiger partial charge in [-0.1, -0.05) is 74.9 Å². The maximum Gasteiger partial charge on any atom is 0.0875 e. The molecule has 0 aromatic heterocycles. The molecule has 2 aromatic rings. The van der Waals surface area contributed by atoms with Crippen LogP contribution in [0.2, 0.25) is 0 Å². The summed E-state index contributed by atoms with van der Waals surface area (Å²) in [5, 5.41) is 0. The maximum absolute atomic E-state index is 6.11. The summed E-state index contributed by atoms with van der Waals surface area (Å²) in [7, 11) is 0. The summed E-state index contributed by atoms with van der Waals surface area (Å²) in [4.78, 5) is 0. The van der Waals surface area contributed by atoms with Crippen LogP contribution < -0.4 is 0 Å². The normalized spacial score (nSPS) is 13.1. The fourth-order valence-electron chi connectivity index (χ4n) is 2.25. The Morgan fingerprint density at radius 2 is 1.48 bits per heavy atom. The van der Waals surface area contributed by atoms with Crippen LogP contribution in [0.15, 0.2) is 54.6 Å². The monoisotopic (exact) mass is 282 g/mol. The van der Waals surface area contributed by atoms with Gasteiger partial charge in [0.15, 0.2) is 0 Å². The Labute approximate surface area is 129 Å². The third-order valence-electron chi connectivity index (χ3n) is 4.11. The predicted octanol–water partition coefficient (Wildman–Crippen LogP) is 5.65. The average Bonchev–Trinajstić information content (AvgIpc) is 2.53. The van der Waals surface area contributed by atoms with E-state index in [0.29, 0.717) is 5.92 Å². The third-order valence-corrected chi connectivity index (χ3v) is 4.11. The van der Waals surface area contributed by atoms with Crippen molar-refractivity contribution in [3.05, 3.63) is 60.2 Å². The topological polar surface area (TPSA) is 9.23 Å². The van der Waals surface area contributed by atoms with E-state index in [-0.39, 0.29) is 5.60 Å². The van der Waals surface area contributed by atoms with Crippen molar-refractivity contribution in [2.75, 3.05) is 6.61 Å². The summed E-state index contributed by atoms with van der Waals surface area (Å²) in [5.74, 6) is 0.605. The molecule has 0 amide bonds. The molecule has 1 atom stereocenters. The summed E-state index contributed by atoms with van der Waals surface area (Å²) in [6.45, 7) is 9.54. The first-order valence-corrected chi connectivity index (χ1v) is 7.83. The minimum Gasteiger partial charge on any atom is -0.371 e. The summed E-state index contributed by atoms with van der Waals surface area (Å²) in [6, 6.07) is 19.2. The summed E-state index contributed by atoms with van der Waals surface area (Å²) in [6.07, 6.45) is 1.16. The largest absolute Gasteiger partial charge is 0.371 e. The van der Waals surface area contributed by atoms with Crippen LogP contribution in [0, 0.1) is 5.92 Å². The van der Waals surface area contributed by atoms with Crippen molar-refractivity contribution < 1.29 is 4.74 Å². The molecule has 0 aliphatic heterocycles. The van der Waals surface area contributed by atoms with Gasteiger partial charge in [-0.3, -0.25) is 0 Å². The lowest BCUT2D eigenvalue weighted by atomic mass is 9.95. The van der Waals surface area contributed by atoms with Crippen molar-refractivity contribution in [1.82, 2.24) is 0 Å². The molecule has 0 saturated heterocycles. The molecule has 0 N–H and O–H groups in total. The molecule has 0 spiro atoms. The van der Waals surface area contributed by atoms with Crippen molar-refractivity contribution in [2.24, 2.45) is 5.92 Å². The summed E-state index contributed by atoms with van der Waals surface area (Å²) < 4.78 is 6.11. The molecule has 1 unspecified atom stereocenters. The van der Waals surface area contributed by atoms with E-state index >= 15 is 0 Å². The van der Waals surface area contributed by atoms with Crippen LogP contribution in [0.4, 0.5) is 0 Å². The Hall–Kier alpha value is -1.60. The van der Waals surface area contributed by atoms with E-state index in [1.165, 1.54) is 16.7 Å². The molecule has 2 rings (SSSR count). The Bertz CT molecular complexity index is 540. The highest BCUT2D eigenvalue weighted by atomic mass is 16.5. The standard InChI is InChI=1S/C20H26O/c1-5-16(2)15-21-20(3,4)19-13-11-18(12-14-19)17-9-7-6-8-10-17/h6-14,16H,5,15H2,1-4H3. The fourth-order valence-corrected chi connectivity index (χ4v) is 2.25. The molecule has 0 heterocycles. The smallest absolute Gasteiger partial charge is 0.0875 e. The molecule has 1 nitrogen and oxygen atoms in total. The lowest BCUT2D eigenvalue weighted by molar-refractivity contribution is -0.0376. The predicted molar refractivity (Wildman–Crippen MR) is 90.3 cm³/mol. The lowest BCUT2D eigenvalue weighted by Crippen LogP contribution is -2.24. The van der Waals surface area contributed by atoms with Crippen molar-refractivity contribution >= 4 is 0 Å². The Balaban J connectivity index is 2.11. The molecule has 0 radical (unpaired) electrons. The molecule has 0 aliphatic rings. The van der Waals surface area contributed by atoms with Gasteiger partial charge in [0.2, 0.25) is 0 Å². The van der Waals surface area contributed by atoms with E-state index in [9.17, 15) is 0 Å². The number of hydrogen-bond donors (Lipinski definition) is 0. The van der Waals surface area contributed by atoms with Gasteiger partial charge in [0.1, 0.15) is 0 Å². The third kappa shape index (κ3) is 4.18. The van der Waals surface area contributed by atoms with Crippen LogP contribution in [0.3, 0.4) is 0 Å². The van der Waals surface area contributed by atoms with E-state index in [4.69, 9.17) is 4.74 Å². The zero-order valence-electron chi connectivity index (χ0n) is 13.6. The van der Waals surface area contributed by atoms with Gasteiger partial charge < -0.3 is 4.74 Å². The highest BCUT2D eigenvalue weighted by Crippen LogP contribution is 2.28. The molecular formula is C20H26O. The van der Waals surface area contributed by atoms with E-state index in [1.54, 1.807) is 0 Å². The number of rotatable bonds is 6. The molecule has 1 heteroatoms. The minimum atomic E-state index is -0.237. The second-order valence-corrected chi connectivity index (χ2v) is 6.28. The Morgan fingerprint density at radius 3 is 2.05 bits per heavy atom. The summed E-state index contributed by atoms with van der Waals surface area (Å²) >= 11 is 0. The zero-order valence-corrected chi connectivity index (χ0v) is 13.6. The molecule has 0 saturated carbocycles. The van der Waals surface area contributed by atoms with Crippen LogP contribution >= 0.6 is 0 Å². The highest BCUT2D eigenvalue weighted by Gasteiger charge is 2.21. The second kappa shape index (κ2) is 6.91. The molecule has 0 fully saturated rings. The van der Waals surface area contributed by atoms with E-state index < -0.39 is 0 Å². The van der Waals surface area contributed by atoms with Gasteiger partial charge in [-0.2, -0.15) is 0 Å². The van der Waals surface area contributed by atoms with Crippen LogP contribution in [-0.2, 0) is 10.3 Å². The number of ether oxygens (including phenoxy) is 1. The number of benzene rings is 2. The van der Waals surface area contributed by atoms with Crippen molar-refractivity contribution in [2.45, 2.75) is 39.7 Å². The average molecular weight is 282 g/mol. The van der Waals surface area contributed by atoms with Gasteiger partial charge >= 0.3 is 0 Å². The first kappa shape index (κ1) is 15.8. The van der Waals surface area contributed by atoms with Gasteiger partial charge in [0.05, 0.1) is 12.2 Å². The van der Waals surface area contributed by atoms with Gasteiger partial charge in [-0.15, -0.1) is 0 Å². The minimum absolute atomic E-state index is 0.237. The van der Waals surface area contributed by atoms with Crippen LogP contribution in [0.25, 0.3) is 11.1 Å². The fraction of sp³-hybridized carbons (Fsp3) is 0.400. The van der Waals surface area contributed by atoms with Gasteiger partial charge in [0.25, 0.3) is 0 Å². The maximum atomic E-state index is 6.11.